The molecule has 2 amide bonds. The van der Waals surface area contributed by atoms with Crippen LogP contribution in [0.2, 0.25) is 0 Å². The lowest BCUT2D eigenvalue weighted by molar-refractivity contribution is -0.138. The highest BCUT2D eigenvalue weighted by Gasteiger charge is 2.47. The van der Waals surface area contributed by atoms with Crippen molar-refractivity contribution in [2.45, 2.75) is 56.9 Å². The van der Waals surface area contributed by atoms with E-state index >= 15 is 0 Å². The summed E-state index contributed by atoms with van der Waals surface area (Å²) in [5.41, 5.74) is -3.58. The number of alkyl halides is 3. The first-order chi connectivity index (χ1) is 16.0. The molecule has 2 bridgehead atoms. The Bertz CT molecular complexity index is 1260. The van der Waals surface area contributed by atoms with Crippen LogP contribution in [0.3, 0.4) is 0 Å². The molecular weight excluding hydrogens is 462 g/mol. The normalized spacial score (nSPS) is 23.5. The molecule has 1 aromatic carbocycles. The number of ether oxygens (including phenoxy) is 1. The number of aromatic nitrogens is 1. The first-order valence-corrected chi connectivity index (χ1v) is 10.6. The van der Waals surface area contributed by atoms with Crippen LogP contribution in [0.5, 0.6) is 5.75 Å². The number of halogens is 4. The number of rotatable bonds is 3. The van der Waals surface area contributed by atoms with Crippen LogP contribution in [0.25, 0.3) is 0 Å². The van der Waals surface area contributed by atoms with Crippen molar-refractivity contribution in [3.05, 3.63) is 62.8 Å². The van der Waals surface area contributed by atoms with Gasteiger partial charge in [-0.15, -0.1) is 0 Å². The summed E-state index contributed by atoms with van der Waals surface area (Å²) in [5, 5.41) is 12.7. The molecular formula is C22H19F4N3O5. The second-order valence-electron chi connectivity index (χ2n) is 8.60. The van der Waals surface area contributed by atoms with E-state index in [2.05, 4.69) is 5.32 Å². The fourth-order valence-electron chi connectivity index (χ4n) is 4.95. The molecule has 12 heteroatoms. The van der Waals surface area contributed by atoms with E-state index in [1.165, 1.54) is 9.47 Å². The summed E-state index contributed by atoms with van der Waals surface area (Å²) < 4.78 is 60.1. The number of aromatic hydroxyl groups is 1. The van der Waals surface area contributed by atoms with Crippen molar-refractivity contribution in [2.24, 2.45) is 0 Å². The maximum atomic E-state index is 13.3. The van der Waals surface area contributed by atoms with E-state index in [0.717, 1.165) is 31.2 Å². The highest BCUT2D eigenvalue weighted by atomic mass is 19.4. The summed E-state index contributed by atoms with van der Waals surface area (Å²) >= 11 is 0. The van der Waals surface area contributed by atoms with Gasteiger partial charge in [-0.3, -0.25) is 14.4 Å². The number of hydrogen-bond acceptors (Lipinski definition) is 5. The maximum absolute atomic E-state index is 13.3. The van der Waals surface area contributed by atoms with E-state index < -0.39 is 64.4 Å². The van der Waals surface area contributed by atoms with Gasteiger partial charge in [0.1, 0.15) is 11.4 Å². The lowest BCUT2D eigenvalue weighted by Gasteiger charge is -2.44. The van der Waals surface area contributed by atoms with Crippen molar-refractivity contribution in [1.29, 1.82) is 0 Å². The average Bonchev–Trinajstić information content (AvgIpc) is 3.15. The van der Waals surface area contributed by atoms with Gasteiger partial charge in [-0.05, 0) is 37.0 Å². The Morgan fingerprint density at radius 1 is 1.24 bits per heavy atom. The van der Waals surface area contributed by atoms with Crippen LogP contribution in [0.4, 0.5) is 17.6 Å². The van der Waals surface area contributed by atoms with Gasteiger partial charge in [-0.25, -0.2) is 4.39 Å². The summed E-state index contributed by atoms with van der Waals surface area (Å²) in [7, 11) is 0. The summed E-state index contributed by atoms with van der Waals surface area (Å²) in [4.78, 5) is 39.9. The molecule has 1 unspecified atom stereocenters. The molecule has 0 spiro atoms. The molecule has 2 fully saturated rings. The third-order valence-electron chi connectivity index (χ3n) is 6.52. The molecule has 3 heterocycles. The van der Waals surface area contributed by atoms with E-state index in [0.29, 0.717) is 12.5 Å². The average molecular weight is 481 g/mol. The predicted octanol–water partition coefficient (Wildman–Crippen LogP) is 2.38. The number of nitrogens with one attached hydrogen (secondary N) is 1. The quantitative estimate of drug-likeness (QED) is 0.656. The first-order valence-electron chi connectivity index (χ1n) is 10.6. The number of fused-ring (bicyclic) bond motifs is 5. The SMILES string of the molecule is O=C(NCc1ccc(F)cc1C(F)(F)F)c1cn2c(c(O)c1=O)C(=O)N1C3CC[C@H](C3)O[C@@H]1C2. The van der Waals surface area contributed by atoms with Crippen LogP contribution in [0.1, 0.15) is 51.2 Å². The fourth-order valence-corrected chi connectivity index (χ4v) is 4.95. The van der Waals surface area contributed by atoms with Crippen molar-refractivity contribution in [3.63, 3.8) is 0 Å². The van der Waals surface area contributed by atoms with Crippen molar-refractivity contribution in [2.75, 3.05) is 0 Å². The maximum Gasteiger partial charge on any atom is 0.416 e. The largest absolute Gasteiger partial charge is 0.503 e. The molecule has 1 saturated carbocycles. The first kappa shape index (κ1) is 22.4. The summed E-state index contributed by atoms with van der Waals surface area (Å²) in [6, 6.07) is 1.97. The molecule has 3 atom stereocenters. The van der Waals surface area contributed by atoms with Crippen LogP contribution in [0.15, 0.2) is 29.2 Å². The van der Waals surface area contributed by atoms with Gasteiger partial charge in [0.15, 0.2) is 17.7 Å². The van der Waals surface area contributed by atoms with Crippen molar-refractivity contribution >= 4 is 11.8 Å². The molecule has 180 valence electrons. The molecule has 2 N–H and O–H groups in total. The van der Waals surface area contributed by atoms with E-state index in [1.807, 2.05) is 0 Å². The molecule has 1 aromatic heterocycles. The number of nitrogens with zero attached hydrogens (tertiary/aromatic N) is 2. The van der Waals surface area contributed by atoms with Gasteiger partial charge < -0.3 is 24.6 Å². The number of hydrogen-bond donors (Lipinski definition) is 2. The summed E-state index contributed by atoms with van der Waals surface area (Å²) in [5.74, 6) is -3.62. The number of pyridine rings is 1. The Morgan fingerprint density at radius 3 is 2.74 bits per heavy atom. The topological polar surface area (TPSA) is 101 Å². The van der Waals surface area contributed by atoms with Gasteiger partial charge in [0, 0.05) is 18.8 Å². The third kappa shape index (κ3) is 3.61. The zero-order valence-corrected chi connectivity index (χ0v) is 17.6. The second kappa shape index (κ2) is 7.83. The van der Waals surface area contributed by atoms with E-state index in [1.54, 1.807) is 0 Å². The standard InChI is InChI=1S/C22H19F4N3O5/c23-11-2-1-10(15(5-11)22(24,25)26)7-27-20(32)14-8-28-9-16-29(12-3-4-13(6-12)34-16)21(33)17(28)19(31)18(14)30/h1-2,5,8,12-13,16,31H,3-4,6-7,9H2,(H,27,32)/t12?,13-,16-/m1/s1. The zero-order valence-electron chi connectivity index (χ0n) is 17.6. The number of carbonyl (C=O) groups excluding carboxylic acids is 2. The number of amides is 2. The molecule has 2 aliphatic heterocycles. The van der Waals surface area contributed by atoms with Crippen molar-refractivity contribution in [1.82, 2.24) is 14.8 Å². The van der Waals surface area contributed by atoms with E-state index in [-0.39, 0.29) is 24.4 Å². The van der Waals surface area contributed by atoms with Crippen LogP contribution >= 0.6 is 0 Å². The van der Waals surface area contributed by atoms with Crippen LogP contribution < -0.4 is 10.7 Å². The highest BCUT2D eigenvalue weighted by molar-refractivity contribution is 5.99. The molecule has 5 rings (SSSR count). The van der Waals surface area contributed by atoms with E-state index in [4.69, 9.17) is 4.74 Å². The second-order valence-corrected chi connectivity index (χ2v) is 8.60. The Labute approximate surface area is 189 Å². The van der Waals surface area contributed by atoms with Crippen LogP contribution in [-0.2, 0) is 24.0 Å². The lowest BCUT2D eigenvalue weighted by atomic mass is 10.1. The van der Waals surface area contributed by atoms with Gasteiger partial charge in [-0.2, -0.15) is 13.2 Å². The minimum atomic E-state index is -4.85. The molecule has 8 nitrogen and oxygen atoms in total. The monoisotopic (exact) mass is 481 g/mol. The highest BCUT2D eigenvalue weighted by Crippen LogP contribution is 2.39. The van der Waals surface area contributed by atoms with Gasteiger partial charge >= 0.3 is 6.18 Å². The lowest BCUT2D eigenvalue weighted by Crippen LogP contribution is -2.57. The van der Waals surface area contributed by atoms with Crippen LogP contribution in [0, 0.1) is 5.82 Å². The molecule has 0 radical (unpaired) electrons. The summed E-state index contributed by atoms with van der Waals surface area (Å²) in [6.45, 7) is -0.559. The minimum Gasteiger partial charge on any atom is -0.503 e. The Kier molecular flexibility index (Phi) is 5.15. The van der Waals surface area contributed by atoms with Gasteiger partial charge in [0.25, 0.3) is 11.8 Å². The Balaban J connectivity index is 1.43. The Morgan fingerprint density at radius 2 is 2.00 bits per heavy atom. The van der Waals surface area contributed by atoms with E-state index in [9.17, 15) is 37.1 Å². The number of benzene rings is 1. The minimum absolute atomic E-state index is 0.00915. The smallest absolute Gasteiger partial charge is 0.416 e. The van der Waals surface area contributed by atoms with Gasteiger partial charge in [0.2, 0.25) is 5.43 Å². The van der Waals surface area contributed by atoms with Crippen LogP contribution in [-0.4, -0.2) is 44.8 Å². The molecule has 2 aromatic rings. The number of carbonyl (C=O) groups is 2. The third-order valence-corrected chi connectivity index (χ3v) is 6.52. The molecule has 34 heavy (non-hydrogen) atoms. The molecule has 1 saturated heterocycles. The van der Waals surface area contributed by atoms with Gasteiger partial charge in [0.05, 0.1) is 18.2 Å². The molecule has 1 aliphatic carbocycles. The zero-order chi connectivity index (χ0) is 24.4. The predicted molar refractivity (Wildman–Crippen MR) is 107 cm³/mol. The molecule has 3 aliphatic rings. The van der Waals surface area contributed by atoms with Gasteiger partial charge in [-0.1, -0.05) is 6.07 Å². The van der Waals surface area contributed by atoms with Crippen molar-refractivity contribution in [3.8, 4) is 5.75 Å². The summed E-state index contributed by atoms with van der Waals surface area (Å²) in [6.07, 6.45) is -2.14. The Hall–Kier alpha value is -3.41. The van der Waals surface area contributed by atoms with Crippen molar-refractivity contribution < 1.29 is 37.0 Å². The fraction of sp³-hybridized carbons (Fsp3) is 0.409.